The van der Waals surface area contributed by atoms with Crippen LogP contribution in [0.15, 0.2) is 14.7 Å². The lowest BCUT2D eigenvalue weighted by Gasteiger charge is -2.19. The molecule has 1 fully saturated rings. The third-order valence-electron chi connectivity index (χ3n) is 2.72. The molecule has 1 N–H and O–H groups in total. The molecule has 1 saturated carbocycles. The molecule has 2 rings (SSSR count). The SMILES string of the molecule is CCN(C1CC1)S(=O)(=O)c1cc(C(=O)O)sc1Br. The van der Waals surface area contributed by atoms with Crippen LogP contribution in [0.4, 0.5) is 0 Å². The number of hydrogen-bond acceptors (Lipinski definition) is 4. The van der Waals surface area contributed by atoms with E-state index in [-0.39, 0.29) is 15.8 Å². The van der Waals surface area contributed by atoms with Crippen molar-refractivity contribution in [1.29, 1.82) is 0 Å². The topological polar surface area (TPSA) is 74.7 Å². The Balaban J connectivity index is 2.43. The highest BCUT2D eigenvalue weighted by molar-refractivity contribution is 9.11. The number of hydrogen-bond donors (Lipinski definition) is 1. The second-order valence-corrected chi connectivity index (χ2v) is 8.22. The Hall–Kier alpha value is -0.440. The van der Waals surface area contributed by atoms with Crippen molar-refractivity contribution in [3.8, 4) is 0 Å². The Morgan fingerprint density at radius 3 is 2.61 bits per heavy atom. The Labute approximate surface area is 118 Å². The van der Waals surface area contributed by atoms with Crippen molar-refractivity contribution in [2.45, 2.75) is 30.7 Å². The predicted molar refractivity (Wildman–Crippen MR) is 71.6 cm³/mol. The van der Waals surface area contributed by atoms with E-state index >= 15 is 0 Å². The molecule has 1 aromatic rings. The zero-order valence-corrected chi connectivity index (χ0v) is 12.8. The summed E-state index contributed by atoms with van der Waals surface area (Å²) in [5.41, 5.74) is 0. The van der Waals surface area contributed by atoms with Gasteiger partial charge in [0.1, 0.15) is 9.77 Å². The average molecular weight is 354 g/mol. The van der Waals surface area contributed by atoms with Crippen molar-refractivity contribution in [2.24, 2.45) is 0 Å². The van der Waals surface area contributed by atoms with Gasteiger partial charge in [0.25, 0.3) is 0 Å². The van der Waals surface area contributed by atoms with Gasteiger partial charge < -0.3 is 5.11 Å². The van der Waals surface area contributed by atoms with E-state index in [1.54, 1.807) is 6.92 Å². The van der Waals surface area contributed by atoms with E-state index < -0.39 is 16.0 Å². The highest BCUT2D eigenvalue weighted by Gasteiger charge is 2.38. The first kappa shape index (κ1) is 14.0. The molecular formula is C10H12BrNO4S2. The number of nitrogens with zero attached hydrogens (tertiary/aromatic N) is 1. The number of carboxylic acids is 1. The monoisotopic (exact) mass is 353 g/mol. The maximum Gasteiger partial charge on any atom is 0.345 e. The molecule has 0 radical (unpaired) electrons. The third-order valence-corrected chi connectivity index (χ3v) is 6.99. The summed E-state index contributed by atoms with van der Waals surface area (Å²) in [7, 11) is -3.60. The van der Waals surface area contributed by atoms with Crippen LogP contribution in [0.2, 0.25) is 0 Å². The number of carbonyl (C=O) groups is 1. The van der Waals surface area contributed by atoms with Crippen LogP contribution >= 0.6 is 27.3 Å². The van der Waals surface area contributed by atoms with E-state index in [0.29, 0.717) is 10.3 Å². The molecule has 0 atom stereocenters. The van der Waals surface area contributed by atoms with E-state index in [9.17, 15) is 13.2 Å². The minimum Gasteiger partial charge on any atom is -0.477 e. The summed E-state index contributed by atoms with van der Waals surface area (Å²) in [4.78, 5) is 10.9. The van der Waals surface area contributed by atoms with E-state index in [2.05, 4.69) is 15.9 Å². The minimum atomic E-state index is -3.60. The molecule has 100 valence electrons. The van der Waals surface area contributed by atoms with Gasteiger partial charge in [-0.2, -0.15) is 4.31 Å². The largest absolute Gasteiger partial charge is 0.477 e. The van der Waals surface area contributed by atoms with E-state index in [1.807, 2.05) is 0 Å². The first-order valence-electron chi connectivity index (χ1n) is 5.42. The lowest BCUT2D eigenvalue weighted by molar-refractivity contribution is 0.0702. The van der Waals surface area contributed by atoms with Gasteiger partial charge >= 0.3 is 5.97 Å². The molecule has 1 heterocycles. The van der Waals surface area contributed by atoms with Crippen LogP contribution in [-0.4, -0.2) is 36.4 Å². The number of halogens is 1. The highest BCUT2D eigenvalue weighted by atomic mass is 79.9. The molecule has 0 bridgehead atoms. The molecule has 18 heavy (non-hydrogen) atoms. The summed E-state index contributed by atoms with van der Waals surface area (Å²) in [6.45, 7) is 2.19. The second-order valence-electron chi connectivity index (χ2n) is 3.99. The van der Waals surface area contributed by atoms with Gasteiger partial charge in [-0.3, -0.25) is 0 Å². The maximum absolute atomic E-state index is 12.4. The van der Waals surface area contributed by atoms with Crippen LogP contribution in [0.5, 0.6) is 0 Å². The van der Waals surface area contributed by atoms with Crippen molar-refractivity contribution in [1.82, 2.24) is 4.31 Å². The summed E-state index contributed by atoms with van der Waals surface area (Å²) in [5.74, 6) is -1.11. The summed E-state index contributed by atoms with van der Waals surface area (Å²) in [5, 5.41) is 8.89. The minimum absolute atomic E-state index is 0.0206. The fourth-order valence-corrected chi connectivity index (χ4v) is 5.80. The maximum atomic E-state index is 12.4. The fraction of sp³-hybridized carbons (Fsp3) is 0.500. The first-order chi connectivity index (χ1) is 8.37. The van der Waals surface area contributed by atoms with Gasteiger partial charge in [-0.1, -0.05) is 6.92 Å². The van der Waals surface area contributed by atoms with Crippen LogP contribution in [0, 0.1) is 0 Å². The van der Waals surface area contributed by atoms with Crippen molar-refractivity contribution in [2.75, 3.05) is 6.54 Å². The van der Waals surface area contributed by atoms with Gasteiger partial charge in [0, 0.05) is 12.6 Å². The van der Waals surface area contributed by atoms with Crippen molar-refractivity contribution >= 4 is 43.3 Å². The molecule has 8 heteroatoms. The third kappa shape index (κ3) is 2.47. The van der Waals surface area contributed by atoms with Crippen molar-refractivity contribution in [3.05, 3.63) is 14.7 Å². The van der Waals surface area contributed by atoms with Crippen molar-refractivity contribution in [3.63, 3.8) is 0 Å². The second kappa shape index (κ2) is 4.92. The lowest BCUT2D eigenvalue weighted by Crippen LogP contribution is -2.32. The summed E-state index contributed by atoms with van der Waals surface area (Å²) in [6.07, 6.45) is 1.75. The molecule has 1 aliphatic rings. The van der Waals surface area contributed by atoms with Crippen LogP contribution in [0.3, 0.4) is 0 Å². The summed E-state index contributed by atoms with van der Waals surface area (Å²) < 4.78 is 26.6. The van der Waals surface area contributed by atoms with Gasteiger partial charge in [0.15, 0.2) is 0 Å². The molecule has 0 unspecified atom stereocenters. The smallest absolute Gasteiger partial charge is 0.345 e. The molecule has 1 aliphatic carbocycles. The molecule has 0 spiro atoms. The lowest BCUT2D eigenvalue weighted by atomic mass is 10.5. The molecule has 5 nitrogen and oxygen atoms in total. The van der Waals surface area contributed by atoms with E-state index in [1.165, 1.54) is 10.4 Å². The molecule has 0 aliphatic heterocycles. The first-order valence-corrected chi connectivity index (χ1v) is 8.47. The van der Waals surface area contributed by atoms with Gasteiger partial charge in [0.2, 0.25) is 10.0 Å². The Kier molecular flexibility index (Phi) is 3.82. The van der Waals surface area contributed by atoms with Gasteiger partial charge in [0.05, 0.1) is 3.79 Å². The Morgan fingerprint density at radius 1 is 1.61 bits per heavy atom. The number of rotatable bonds is 5. The fourth-order valence-electron chi connectivity index (χ4n) is 1.75. The molecular weight excluding hydrogens is 342 g/mol. The summed E-state index contributed by atoms with van der Waals surface area (Å²) in [6, 6.07) is 1.29. The average Bonchev–Trinajstić information content (AvgIpc) is 3.00. The number of sulfonamides is 1. The predicted octanol–water partition coefficient (Wildman–Crippen LogP) is 2.38. The van der Waals surface area contributed by atoms with Crippen LogP contribution in [0.25, 0.3) is 0 Å². The molecule has 0 saturated heterocycles. The number of thiophene rings is 1. The van der Waals surface area contributed by atoms with Crippen LogP contribution < -0.4 is 0 Å². The molecule has 0 aromatic carbocycles. The zero-order valence-electron chi connectivity index (χ0n) is 9.59. The Morgan fingerprint density at radius 2 is 2.22 bits per heavy atom. The normalized spacial score (nSPS) is 16.2. The Bertz CT molecular complexity index is 577. The van der Waals surface area contributed by atoms with E-state index in [4.69, 9.17) is 5.11 Å². The van der Waals surface area contributed by atoms with E-state index in [0.717, 1.165) is 24.2 Å². The van der Waals surface area contributed by atoms with Crippen molar-refractivity contribution < 1.29 is 18.3 Å². The van der Waals surface area contributed by atoms with Gasteiger partial charge in [-0.15, -0.1) is 11.3 Å². The standard InChI is InChI=1S/C10H12BrNO4S2/c1-2-12(6-3-4-6)18(15,16)8-5-7(10(13)14)17-9(8)11/h5-6H,2-4H2,1H3,(H,13,14). The summed E-state index contributed by atoms with van der Waals surface area (Å²) >= 11 is 4.06. The number of aromatic carboxylic acids is 1. The van der Waals surface area contributed by atoms with Gasteiger partial charge in [-0.05, 0) is 34.8 Å². The van der Waals surface area contributed by atoms with Gasteiger partial charge in [-0.25, -0.2) is 13.2 Å². The highest BCUT2D eigenvalue weighted by Crippen LogP contribution is 2.37. The quantitative estimate of drug-likeness (QED) is 0.881. The van der Waals surface area contributed by atoms with Crippen LogP contribution in [-0.2, 0) is 10.0 Å². The van der Waals surface area contributed by atoms with Crippen LogP contribution in [0.1, 0.15) is 29.4 Å². The zero-order chi connectivity index (χ0) is 13.5. The molecule has 1 aromatic heterocycles. The number of carboxylic acid groups (broad SMARTS) is 1. The molecule has 0 amide bonds.